The van der Waals surface area contributed by atoms with Crippen LogP contribution in [0.5, 0.6) is 5.88 Å². The van der Waals surface area contributed by atoms with E-state index in [-0.39, 0.29) is 0 Å². The van der Waals surface area contributed by atoms with Crippen LogP contribution in [0.1, 0.15) is 12.0 Å². The van der Waals surface area contributed by atoms with Gasteiger partial charge in [0.2, 0.25) is 5.88 Å². The van der Waals surface area contributed by atoms with Gasteiger partial charge in [0.1, 0.15) is 5.82 Å². The molecule has 0 unspecified atom stereocenters. The molecule has 15 heavy (non-hydrogen) atoms. The van der Waals surface area contributed by atoms with Gasteiger partial charge in [-0.1, -0.05) is 11.8 Å². The number of nitrogens with zero attached hydrogens (tertiary/aromatic N) is 1. The second-order valence-corrected chi connectivity index (χ2v) is 2.87. The van der Waals surface area contributed by atoms with Crippen molar-refractivity contribution >= 4 is 0 Å². The van der Waals surface area contributed by atoms with E-state index in [0.717, 1.165) is 12.7 Å². The number of methoxy groups -OCH3 is 1. The van der Waals surface area contributed by atoms with Crippen molar-refractivity contribution in [3.05, 3.63) is 23.6 Å². The molecule has 0 aliphatic rings. The summed E-state index contributed by atoms with van der Waals surface area (Å²) in [4.78, 5) is 3.78. The number of nitrogens with one attached hydrogen (secondary N) is 1. The maximum atomic E-state index is 12.9. The molecule has 0 aromatic carbocycles. The Bertz CT molecular complexity index is 382. The second kappa shape index (κ2) is 5.99. The van der Waals surface area contributed by atoms with Crippen LogP contribution in [0.2, 0.25) is 0 Å². The molecule has 1 aromatic heterocycles. The molecule has 0 radical (unpaired) electrons. The minimum absolute atomic E-state index is 0.355. The van der Waals surface area contributed by atoms with Crippen molar-refractivity contribution in [2.75, 3.05) is 20.7 Å². The third kappa shape index (κ3) is 3.56. The smallest absolute Gasteiger partial charge is 0.229 e. The fraction of sp³-hybridized carbons (Fsp3) is 0.364. The fourth-order valence-electron chi connectivity index (χ4n) is 1.02. The van der Waals surface area contributed by atoms with Crippen LogP contribution >= 0.6 is 0 Å². The number of ether oxygens (including phenoxy) is 1. The van der Waals surface area contributed by atoms with Crippen molar-refractivity contribution in [3.8, 4) is 17.7 Å². The Hall–Kier alpha value is -1.60. The summed E-state index contributed by atoms with van der Waals surface area (Å²) in [6.45, 7) is 0.804. The van der Waals surface area contributed by atoms with E-state index in [1.807, 2.05) is 7.05 Å². The highest BCUT2D eigenvalue weighted by atomic mass is 19.1. The summed E-state index contributed by atoms with van der Waals surface area (Å²) in [6.07, 6.45) is 1.81. The van der Waals surface area contributed by atoms with Gasteiger partial charge in [-0.3, -0.25) is 0 Å². The Morgan fingerprint density at radius 1 is 1.60 bits per heavy atom. The van der Waals surface area contributed by atoms with Crippen LogP contribution in [0.4, 0.5) is 4.39 Å². The second-order valence-electron chi connectivity index (χ2n) is 2.87. The van der Waals surface area contributed by atoms with Crippen molar-refractivity contribution in [2.24, 2.45) is 0 Å². The highest BCUT2D eigenvalue weighted by Crippen LogP contribution is 2.13. The van der Waals surface area contributed by atoms with Gasteiger partial charge in [-0.05, 0) is 13.1 Å². The largest absolute Gasteiger partial charge is 0.480 e. The zero-order chi connectivity index (χ0) is 11.1. The zero-order valence-electron chi connectivity index (χ0n) is 8.80. The fourth-order valence-corrected chi connectivity index (χ4v) is 1.02. The van der Waals surface area contributed by atoms with Crippen LogP contribution in [0, 0.1) is 17.7 Å². The van der Waals surface area contributed by atoms with Gasteiger partial charge >= 0.3 is 0 Å². The van der Waals surface area contributed by atoms with Crippen LogP contribution < -0.4 is 10.1 Å². The van der Waals surface area contributed by atoms with Crippen LogP contribution in [0.25, 0.3) is 0 Å². The van der Waals surface area contributed by atoms with Crippen LogP contribution in [-0.2, 0) is 0 Å². The third-order valence-electron chi connectivity index (χ3n) is 1.73. The van der Waals surface area contributed by atoms with E-state index in [9.17, 15) is 4.39 Å². The third-order valence-corrected chi connectivity index (χ3v) is 1.73. The van der Waals surface area contributed by atoms with Crippen molar-refractivity contribution in [1.29, 1.82) is 0 Å². The molecule has 0 aliphatic carbocycles. The van der Waals surface area contributed by atoms with E-state index in [4.69, 9.17) is 4.74 Å². The molecule has 0 spiro atoms. The molecule has 1 heterocycles. The summed E-state index contributed by atoms with van der Waals surface area (Å²) in [6, 6.07) is 1.32. The minimum atomic E-state index is -0.409. The Kier molecular flexibility index (Phi) is 4.58. The Morgan fingerprint density at radius 3 is 3.07 bits per heavy atom. The normalized spacial score (nSPS) is 9.27. The average Bonchev–Trinajstić information content (AvgIpc) is 2.25. The van der Waals surface area contributed by atoms with Gasteiger partial charge < -0.3 is 10.1 Å². The number of hydrogen-bond donors (Lipinski definition) is 1. The number of pyridine rings is 1. The maximum Gasteiger partial charge on any atom is 0.229 e. The predicted octanol–water partition coefficient (Wildman–Crippen LogP) is 1.19. The standard InChI is InChI=1S/C11H13FN2O/c1-13-6-4-3-5-9-7-10(12)8-14-11(9)15-2/h7-8,13H,4,6H2,1-2H3. The SMILES string of the molecule is CNCCC#Cc1cc(F)cnc1OC. The van der Waals surface area contributed by atoms with Gasteiger partial charge in [0.05, 0.1) is 18.9 Å². The topological polar surface area (TPSA) is 34.2 Å². The molecule has 4 heteroatoms. The summed E-state index contributed by atoms with van der Waals surface area (Å²) >= 11 is 0. The highest BCUT2D eigenvalue weighted by Gasteiger charge is 2.02. The molecule has 0 atom stereocenters. The molecule has 0 amide bonds. The lowest BCUT2D eigenvalue weighted by Gasteiger charge is -2.00. The zero-order valence-corrected chi connectivity index (χ0v) is 8.80. The molecular weight excluding hydrogens is 195 g/mol. The lowest BCUT2D eigenvalue weighted by atomic mass is 10.2. The van der Waals surface area contributed by atoms with Gasteiger partial charge in [-0.15, -0.1) is 0 Å². The summed E-state index contributed by atoms with van der Waals surface area (Å²) in [5, 5.41) is 2.97. The molecule has 1 N–H and O–H groups in total. The minimum Gasteiger partial charge on any atom is -0.480 e. The van der Waals surface area contributed by atoms with Crippen LogP contribution in [0.15, 0.2) is 12.3 Å². The molecule has 1 aromatic rings. The summed E-state index contributed by atoms with van der Waals surface area (Å²) in [7, 11) is 3.34. The molecule has 0 bridgehead atoms. The van der Waals surface area contributed by atoms with Gasteiger partial charge in [-0.2, -0.15) is 0 Å². The molecule has 1 rings (SSSR count). The molecular formula is C11H13FN2O. The van der Waals surface area contributed by atoms with Crippen LogP contribution in [-0.4, -0.2) is 25.7 Å². The van der Waals surface area contributed by atoms with E-state index < -0.39 is 5.82 Å². The van der Waals surface area contributed by atoms with Crippen molar-refractivity contribution in [3.63, 3.8) is 0 Å². The molecule has 0 saturated heterocycles. The van der Waals surface area contributed by atoms with E-state index >= 15 is 0 Å². The monoisotopic (exact) mass is 208 g/mol. The molecule has 0 aliphatic heterocycles. The number of halogens is 1. The molecule has 80 valence electrons. The first-order valence-electron chi connectivity index (χ1n) is 4.61. The highest BCUT2D eigenvalue weighted by molar-refractivity contribution is 5.41. The Balaban J connectivity index is 2.80. The van der Waals surface area contributed by atoms with Gasteiger partial charge in [0.25, 0.3) is 0 Å². The maximum absolute atomic E-state index is 12.9. The van der Waals surface area contributed by atoms with E-state index in [1.54, 1.807) is 0 Å². The number of aromatic nitrogens is 1. The van der Waals surface area contributed by atoms with Crippen LogP contribution in [0.3, 0.4) is 0 Å². The lowest BCUT2D eigenvalue weighted by molar-refractivity contribution is 0.394. The summed E-state index contributed by atoms with van der Waals surface area (Å²) in [5.41, 5.74) is 0.480. The number of hydrogen-bond acceptors (Lipinski definition) is 3. The van der Waals surface area contributed by atoms with Crippen molar-refractivity contribution < 1.29 is 9.13 Å². The van der Waals surface area contributed by atoms with Gasteiger partial charge in [0.15, 0.2) is 0 Å². The first-order chi connectivity index (χ1) is 7.27. The first kappa shape index (κ1) is 11.5. The quantitative estimate of drug-likeness (QED) is 0.598. The summed E-state index contributed by atoms with van der Waals surface area (Å²) < 4.78 is 17.8. The van der Waals surface area contributed by atoms with E-state index in [0.29, 0.717) is 17.9 Å². The molecule has 0 saturated carbocycles. The predicted molar refractivity (Wildman–Crippen MR) is 56.2 cm³/mol. The lowest BCUT2D eigenvalue weighted by Crippen LogP contribution is -2.05. The Morgan fingerprint density at radius 2 is 2.40 bits per heavy atom. The van der Waals surface area contributed by atoms with Gasteiger partial charge in [-0.25, -0.2) is 9.37 Å². The van der Waals surface area contributed by atoms with Crippen molar-refractivity contribution in [2.45, 2.75) is 6.42 Å². The average molecular weight is 208 g/mol. The van der Waals surface area contributed by atoms with Crippen molar-refractivity contribution in [1.82, 2.24) is 10.3 Å². The summed E-state index contributed by atoms with van der Waals surface area (Å²) in [5.74, 6) is 5.67. The number of rotatable bonds is 3. The molecule has 0 fully saturated rings. The first-order valence-corrected chi connectivity index (χ1v) is 4.61. The van der Waals surface area contributed by atoms with E-state index in [2.05, 4.69) is 22.1 Å². The van der Waals surface area contributed by atoms with E-state index in [1.165, 1.54) is 13.2 Å². The van der Waals surface area contributed by atoms with Gasteiger partial charge in [0, 0.05) is 13.0 Å². The Labute approximate surface area is 88.7 Å². The molecule has 3 nitrogen and oxygen atoms in total.